The van der Waals surface area contributed by atoms with E-state index in [-0.39, 0.29) is 38.0 Å². The van der Waals surface area contributed by atoms with Gasteiger partial charge in [0.2, 0.25) is 11.8 Å². The predicted molar refractivity (Wildman–Crippen MR) is 163 cm³/mol. The summed E-state index contributed by atoms with van der Waals surface area (Å²) in [7, 11) is 5.65. The highest BCUT2D eigenvalue weighted by atomic mass is 35.5. The summed E-state index contributed by atoms with van der Waals surface area (Å²) in [6.07, 6.45) is 0.648. The fraction of sp³-hybridized carbons (Fsp3) is 0.375. The van der Waals surface area contributed by atoms with Crippen LogP contribution in [0.5, 0.6) is 0 Å². The largest absolute Gasteiger partial charge is 0.368 e. The van der Waals surface area contributed by atoms with E-state index in [9.17, 15) is 19.2 Å². The number of carbonyl (C=O) groups excluding carboxylic acids is 4. The van der Waals surface area contributed by atoms with Gasteiger partial charge in [-0.25, -0.2) is 0 Å². The van der Waals surface area contributed by atoms with E-state index in [1.807, 2.05) is 70.5 Å². The molecule has 0 radical (unpaired) electrons. The van der Waals surface area contributed by atoms with E-state index in [1.54, 1.807) is 24.3 Å². The Bertz CT molecular complexity index is 1480. The lowest BCUT2D eigenvalue weighted by Crippen LogP contribution is -2.53. The summed E-state index contributed by atoms with van der Waals surface area (Å²) in [6, 6.07) is 18.1. The fourth-order valence-electron chi connectivity index (χ4n) is 5.58. The van der Waals surface area contributed by atoms with Crippen LogP contribution in [0, 0.1) is 0 Å². The Kier molecular flexibility index (Phi) is 9.53. The summed E-state index contributed by atoms with van der Waals surface area (Å²) in [4.78, 5) is 56.6. The van der Waals surface area contributed by atoms with Crippen LogP contribution in [0.4, 0.5) is 0 Å². The molecule has 3 N–H and O–H groups in total. The van der Waals surface area contributed by atoms with Crippen LogP contribution in [0.1, 0.15) is 30.5 Å². The molecule has 42 heavy (non-hydrogen) atoms. The average molecular weight is 593 g/mol. The number of hydrogen-bond acceptors (Lipinski definition) is 4. The van der Waals surface area contributed by atoms with E-state index in [2.05, 4.69) is 5.32 Å². The van der Waals surface area contributed by atoms with Crippen LogP contribution >= 0.6 is 11.6 Å². The van der Waals surface area contributed by atoms with Gasteiger partial charge in [0.05, 0.1) is 27.7 Å². The molecule has 0 aliphatic carbocycles. The van der Waals surface area contributed by atoms with Gasteiger partial charge in [-0.05, 0) is 47.4 Å². The Morgan fingerprint density at radius 1 is 1.05 bits per heavy atom. The zero-order valence-electron chi connectivity index (χ0n) is 24.5. The minimum absolute atomic E-state index is 0.196. The molecule has 3 atom stereocenters. The summed E-state index contributed by atoms with van der Waals surface area (Å²) in [6.45, 7) is 2.03. The van der Waals surface area contributed by atoms with Crippen LogP contribution in [0.25, 0.3) is 10.8 Å². The number of nitrogens with two attached hydrogens (primary N) is 1. The lowest BCUT2D eigenvalue weighted by Gasteiger charge is -2.36. The van der Waals surface area contributed by atoms with Crippen molar-refractivity contribution < 1.29 is 23.7 Å². The number of nitrogens with zero attached hydrogens (tertiary/aromatic N) is 3. The normalized spacial score (nSPS) is 18.5. The Hall–Kier alpha value is -3.95. The standard InChI is InChI=1S/C32H38ClN5O4/c1-21-15-16-36(27(31(34)41)18-23-11-7-10-22-9-5-6-14-26(22)23)32(42)30(24-12-8-13-25(33)17-24)37(21)29(40)19-35-28(39)20-38(2,3)4/h5-14,17,21,27,30H,15-16,18-20H2,1-4H3,(H2-,34,35,39,41)/p+1/t21-,27-,30+/m1/s1. The third-order valence-corrected chi connectivity index (χ3v) is 7.80. The SMILES string of the molecule is C[C@@H]1CCN([C@H](Cc2cccc3ccccc23)C(N)=O)C(=O)[C@H](c2cccc(Cl)c2)N1C(=O)CNC(=O)C[N+](C)(C)C. The number of amides is 4. The van der Waals surface area contributed by atoms with Crippen molar-refractivity contribution in [3.05, 3.63) is 82.9 Å². The maximum Gasteiger partial charge on any atom is 0.275 e. The van der Waals surface area contributed by atoms with Crippen molar-refractivity contribution in [2.45, 2.75) is 37.9 Å². The first kappa shape index (κ1) is 31.0. The molecule has 4 rings (SSSR count). The number of benzene rings is 3. The molecule has 4 amide bonds. The Labute approximate surface area is 251 Å². The highest BCUT2D eigenvalue weighted by molar-refractivity contribution is 6.30. The van der Waals surface area contributed by atoms with E-state index in [1.165, 1.54) is 9.80 Å². The monoisotopic (exact) mass is 592 g/mol. The first-order valence-electron chi connectivity index (χ1n) is 14.1. The van der Waals surface area contributed by atoms with Crippen molar-refractivity contribution in [1.29, 1.82) is 0 Å². The molecule has 0 bridgehead atoms. The second-order valence-corrected chi connectivity index (χ2v) is 12.4. The zero-order chi connectivity index (χ0) is 30.6. The Morgan fingerprint density at radius 3 is 2.43 bits per heavy atom. The molecule has 10 heteroatoms. The highest BCUT2D eigenvalue weighted by Gasteiger charge is 2.43. The van der Waals surface area contributed by atoms with Crippen molar-refractivity contribution in [1.82, 2.24) is 15.1 Å². The number of primary amides is 1. The Balaban J connectivity index is 1.69. The summed E-state index contributed by atoms with van der Waals surface area (Å²) in [5.74, 6) is -1.71. The van der Waals surface area contributed by atoms with Gasteiger partial charge >= 0.3 is 0 Å². The van der Waals surface area contributed by atoms with Gasteiger partial charge < -0.3 is 25.3 Å². The van der Waals surface area contributed by atoms with Gasteiger partial charge in [-0.2, -0.15) is 0 Å². The zero-order valence-corrected chi connectivity index (χ0v) is 25.3. The van der Waals surface area contributed by atoms with E-state index in [0.29, 0.717) is 21.5 Å². The van der Waals surface area contributed by atoms with Crippen LogP contribution in [0.2, 0.25) is 5.02 Å². The third kappa shape index (κ3) is 7.27. The highest BCUT2D eigenvalue weighted by Crippen LogP contribution is 2.33. The van der Waals surface area contributed by atoms with Crippen molar-refractivity contribution in [2.75, 3.05) is 40.8 Å². The number of rotatable bonds is 9. The number of hydrogen-bond donors (Lipinski definition) is 2. The van der Waals surface area contributed by atoms with Crippen molar-refractivity contribution in [2.24, 2.45) is 5.73 Å². The summed E-state index contributed by atoms with van der Waals surface area (Å²) < 4.78 is 0.407. The minimum atomic E-state index is -1.06. The molecule has 3 aromatic rings. The summed E-state index contributed by atoms with van der Waals surface area (Å²) in [5, 5.41) is 5.12. The molecule has 1 fully saturated rings. The maximum absolute atomic E-state index is 14.4. The van der Waals surface area contributed by atoms with Crippen molar-refractivity contribution in [3.63, 3.8) is 0 Å². The molecule has 0 aromatic heterocycles. The Morgan fingerprint density at radius 2 is 1.74 bits per heavy atom. The smallest absolute Gasteiger partial charge is 0.275 e. The van der Waals surface area contributed by atoms with Gasteiger partial charge in [0.15, 0.2) is 6.54 Å². The van der Waals surface area contributed by atoms with Crippen LogP contribution in [-0.2, 0) is 25.6 Å². The maximum atomic E-state index is 14.4. The minimum Gasteiger partial charge on any atom is -0.368 e. The molecule has 222 valence electrons. The van der Waals surface area contributed by atoms with Crippen LogP contribution < -0.4 is 11.1 Å². The van der Waals surface area contributed by atoms with Crippen LogP contribution in [-0.4, -0.2) is 90.8 Å². The fourth-order valence-corrected chi connectivity index (χ4v) is 5.78. The summed E-state index contributed by atoms with van der Waals surface area (Å²) in [5.41, 5.74) is 7.37. The van der Waals surface area contributed by atoms with Crippen LogP contribution in [0.3, 0.4) is 0 Å². The van der Waals surface area contributed by atoms with Gasteiger partial charge in [-0.15, -0.1) is 0 Å². The average Bonchev–Trinajstić information content (AvgIpc) is 3.05. The lowest BCUT2D eigenvalue weighted by atomic mass is 9.96. The molecular weight excluding hydrogens is 554 g/mol. The van der Waals surface area contributed by atoms with E-state index < -0.39 is 29.8 Å². The van der Waals surface area contributed by atoms with Gasteiger partial charge in [0.1, 0.15) is 12.1 Å². The number of halogens is 1. The molecule has 1 aliphatic heterocycles. The molecule has 1 heterocycles. The molecular formula is C32H39ClN5O4+. The topological polar surface area (TPSA) is 113 Å². The summed E-state index contributed by atoms with van der Waals surface area (Å²) >= 11 is 6.33. The quantitative estimate of drug-likeness (QED) is 0.372. The number of fused-ring (bicyclic) bond motifs is 1. The first-order valence-corrected chi connectivity index (χ1v) is 14.4. The third-order valence-electron chi connectivity index (χ3n) is 7.56. The molecule has 1 aliphatic rings. The number of nitrogens with one attached hydrogen (secondary N) is 1. The second-order valence-electron chi connectivity index (χ2n) is 11.9. The number of quaternary nitrogens is 1. The van der Waals surface area contributed by atoms with Gasteiger partial charge in [-0.3, -0.25) is 19.2 Å². The lowest BCUT2D eigenvalue weighted by molar-refractivity contribution is -0.862. The van der Waals surface area contributed by atoms with E-state index in [4.69, 9.17) is 17.3 Å². The van der Waals surface area contributed by atoms with E-state index in [0.717, 1.165) is 16.3 Å². The molecule has 0 unspecified atom stereocenters. The van der Waals surface area contributed by atoms with Crippen molar-refractivity contribution >= 4 is 46.0 Å². The van der Waals surface area contributed by atoms with Crippen LogP contribution in [0.15, 0.2) is 66.7 Å². The van der Waals surface area contributed by atoms with Crippen molar-refractivity contribution in [3.8, 4) is 0 Å². The number of carbonyl (C=O) groups is 4. The van der Waals surface area contributed by atoms with Gasteiger partial charge in [0, 0.05) is 24.0 Å². The van der Waals surface area contributed by atoms with E-state index >= 15 is 0 Å². The molecule has 0 saturated carbocycles. The number of likely N-dealkylation sites (N-methyl/N-ethyl adjacent to an activating group) is 1. The molecule has 0 spiro atoms. The molecule has 1 saturated heterocycles. The molecule has 9 nitrogen and oxygen atoms in total. The molecule has 3 aromatic carbocycles. The first-order chi connectivity index (χ1) is 19.9. The van der Waals surface area contributed by atoms with Gasteiger partial charge in [0.25, 0.3) is 11.8 Å². The van der Waals surface area contributed by atoms with Gasteiger partial charge in [-0.1, -0.05) is 66.2 Å². The predicted octanol–water partition coefficient (Wildman–Crippen LogP) is 2.90. The second kappa shape index (κ2) is 12.9.